The summed E-state index contributed by atoms with van der Waals surface area (Å²) in [4.78, 5) is 61.9. The highest BCUT2D eigenvalue weighted by molar-refractivity contribution is 7.62. The molecule has 202 valence electrons. The molecule has 4 rings (SSSR count). The van der Waals surface area contributed by atoms with E-state index >= 15 is 0 Å². The minimum atomic E-state index is -4.52. The molecule has 0 atom stereocenters. The minimum Gasteiger partial charge on any atom is -0.457 e. The summed E-state index contributed by atoms with van der Waals surface area (Å²) >= 11 is 0. The van der Waals surface area contributed by atoms with Crippen molar-refractivity contribution < 1.29 is 47.6 Å². The first-order valence-corrected chi connectivity index (χ1v) is 14.1. The second-order valence-corrected chi connectivity index (χ2v) is 10.6. The van der Waals surface area contributed by atoms with Crippen LogP contribution in [0.1, 0.15) is 93.4 Å². The predicted octanol–water partition coefficient (Wildman–Crippen LogP) is 4.23. The van der Waals surface area contributed by atoms with E-state index in [1.807, 2.05) is 0 Å². The first-order chi connectivity index (χ1) is 18.2. The van der Waals surface area contributed by atoms with E-state index < -0.39 is 37.5 Å². The van der Waals surface area contributed by atoms with Gasteiger partial charge in [-0.1, -0.05) is 6.92 Å². The average molecular weight is 544 g/mol. The summed E-state index contributed by atoms with van der Waals surface area (Å²) in [5.74, 6) is -2.30. The fraction of sp³-hybridized carbons (Fsp3) is 0.407. The third kappa shape index (κ3) is 5.41. The van der Waals surface area contributed by atoms with E-state index in [1.165, 1.54) is 6.07 Å². The van der Waals surface area contributed by atoms with E-state index in [0.29, 0.717) is 0 Å². The Labute approximate surface area is 219 Å². The maximum atomic E-state index is 13.8. The molecule has 10 nitrogen and oxygen atoms in total. The van der Waals surface area contributed by atoms with Crippen molar-refractivity contribution in [2.24, 2.45) is 0 Å². The number of hydrogen-bond donors (Lipinski definition) is 0. The summed E-state index contributed by atoms with van der Waals surface area (Å²) in [5, 5.41) is -0.349. The number of fused-ring (bicyclic) bond motifs is 3. The Morgan fingerprint density at radius 2 is 1.29 bits per heavy atom. The molecule has 0 N–H and O–H groups in total. The van der Waals surface area contributed by atoms with E-state index in [9.17, 15) is 23.7 Å². The number of carbonyl (C=O) groups is 4. The predicted molar refractivity (Wildman–Crippen MR) is 135 cm³/mol. The van der Waals surface area contributed by atoms with Crippen LogP contribution in [0.25, 0.3) is 0 Å². The molecule has 0 saturated heterocycles. The SMILES string of the molecule is CCOOP(=O)(OOCC)c1cc2c(cc1C(=O)COC(=O)CC)C(=O)c1cc3c(cc1C2=O)CCCC3. The topological polar surface area (TPSA) is 132 Å². The molecule has 2 aromatic rings. The highest BCUT2D eigenvalue weighted by Gasteiger charge is 2.40. The van der Waals surface area contributed by atoms with E-state index in [0.717, 1.165) is 42.9 Å². The monoisotopic (exact) mass is 544 g/mol. The number of esters is 1. The van der Waals surface area contributed by atoms with E-state index in [4.69, 9.17) is 23.9 Å². The molecule has 0 radical (unpaired) electrons. The van der Waals surface area contributed by atoms with Crippen molar-refractivity contribution >= 4 is 36.2 Å². The lowest BCUT2D eigenvalue weighted by Crippen LogP contribution is -2.29. The van der Waals surface area contributed by atoms with Crippen molar-refractivity contribution in [1.82, 2.24) is 0 Å². The van der Waals surface area contributed by atoms with Gasteiger partial charge in [0, 0.05) is 34.2 Å². The number of rotatable bonds is 11. The molecule has 0 aliphatic heterocycles. The van der Waals surface area contributed by atoms with Crippen LogP contribution in [0, 0.1) is 0 Å². The minimum absolute atomic E-state index is 0.0162. The highest BCUT2D eigenvalue weighted by Crippen LogP contribution is 2.49. The van der Waals surface area contributed by atoms with Crippen LogP contribution in [0.4, 0.5) is 0 Å². The smallest absolute Gasteiger partial charge is 0.415 e. The highest BCUT2D eigenvalue weighted by atomic mass is 31.2. The second-order valence-electron chi connectivity index (χ2n) is 8.84. The fourth-order valence-electron chi connectivity index (χ4n) is 4.53. The summed E-state index contributed by atoms with van der Waals surface area (Å²) in [6, 6.07) is 5.83. The third-order valence-corrected chi connectivity index (χ3v) is 7.95. The number of hydrogen-bond acceptors (Lipinski definition) is 10. The molecule has 2 aromatic carbocycles. The quantitative estimate of drug-likeness (QED) is 0.114. The maximum absolute atomic E-state index is 13.8. The van der Waals surface area contributed by atoms with Gasteiger partial charge in [0.1, 0.15) is 0 Å². The summed E-state index contributed by atoms with van der Waals surface area (Å²) in [5.41, 5.74) is 2.18. The maximum Gasteiger partial charge on any atom is 0.415 e. The normalized spacial score (nSPS) is 14.5. The van der Waals surface area contributed by atoms with Crippen LogP contribution < -0.4 is 5.30 Å². The molecule has 0 aromatic heterocycles. The Kier molecular flexibility index (Phi) is 8.70. The lowest BCUT2D eigenvalue weighted by molar-refractivity contribution is -0.260. The second kappa shape index (κ2) is 11.8. The van der Waals surface area contributed by atoms with Crippen LogP contribution in [-0.2, 0) is 46.1 Å². The molecule has 11 heteroatoms. The molecule has 38 heavy (non-hydrogen) atoms. The van der Waals surface area contributed by atoms with Crippen LogP contribution >= 0.6 is 7.60 Å². The Bertz CT molecular complexity index is 1330. The molecule has 2 aliphatic rings. The van der Waals surface area contributed by atoms with E-state index in [-0.39, 0.29) is 52.8 Å². The number of carbonyl (C=O) groups excluding carboxylic acids is 4. The first-order valence-electron chi connectivity index (χ1n) is 12.6. The van der Waals surface area contributed by atoms with Gasteiger partial charge in [0.2, 0.25) is 5.78 Å². The van der Waals surface area contributed by atoms with Crippen LogP contribution in [0.15, 0.2) is 24.3 Å². The fourth-order valence-corrected chi connectivity index (χ4v) is 5.97. The molecular formula is C27H29O10P. The van der Waals surface area contributed by atoms with Crippen LogP contribution in [-0.4, -0.2) is 43.1 Å². The number of aryl methyl sites for hydroxylation is 2. The van der Waals surface area contributed by atoms with Gasteiger partial charge in [0.15, 0.2) is 18.2 Å². The lowest BCUT2D eigenvalue weighted by atomic mass is 9.79. The van der Waals surface area contributed by atoms with Crippen molar-refractivity contribution in [3.63, 3.8) is 0 Å². The Morgan fingerprint density at radius 1 is 0.789 bits per heavy atom. The Balaban J connectivity index is 1.88. The molecule has 0 heterocycles. The lowest BCUT2D eigenvalue weighted by Gasteiger charge is -2.25. The molecule has 0 spiro atoms. The van der Waals surface area contributed by atoms with E-state index in [1.54, 1.807) is 32.9 Å². The van der Waals surface area contributed by atoms with Gasteiger partial charge in [-0.3, -0.25) is 19.2 Å². The summed E-state index contributed by atoms with van der Waals surface area (Å²) in [7, 11) is -4.52. The number of ketones is 3. The van der Waals surface area contributed by atoms with Crippen molar-refractivity contribution in [2.45, 2.75) is 52.9 Å². The van der Waals surface area contributed by atoms with Gasteiger partial charge in [0.05, 0.1) is 18.5 Å². The molecule has 0 saturated carbocycles. The van der Waals surface area contributed by atoms with Gasteiger partial charge in [-0.05, 0) is 74.9 Å². The van der Waals surface area contributed by atoms with Crippen LogP contribution in [0.2, 0.25) is 0 Å². The zero-order valence-corrected chi connectivity index (χ0v) is 22.4. The van der Waals surface area contributed by atoms with Crippen molar-refractivity contribution in [3.05, 3.63) is 63.2 Å². The van der Waals surface area contributed by atoms with Gasteiger partial charge in [0.25, 0.3) is 0 Å². The van der Waals surface area contributed by atoms with Gasteiger partial charge >= 0.3 is 13.6 Å². The van der Waals surface area contributed by atoms with Gasteiger partial charge in [-0.2, -0.15) is 0 Å². The summed E-state index contributed by atoms with van der Waals surface area (Å²) < 4.78 is 28.9. The number of Topliss-reactive ketones (excluding diaryl/α,β-unsaturated/α-hetero) is 1. The molecule has 0 unspecified atom stereocenters. The largest absolute Gasteiger partial charge is 0.457 e. The molecule has 0 fully saturated rings. The molecule has 0 bridgehead atoms. The zero-order valence-electron chi connectivity index (χ0n) is 21.5. The number of benzene rings is 2. The summed E-state index contributed by atoms with van der Waals surface area (Å²) in [6.07, 6.45) is 3.66. The van der Waals surface area contributed by atoms with Crippen molar-refractivity contribution in [2.75, 3.05) is 19.8 Å². The number of ether oxygens (including phenoxy) is 1. The molecule has 2 aliphatic carbocycles. The van der Waals surface area contributed by atoms with Gasteiger partial charge < -0.3 is 4.74 Å². The Morgan fingerprint density at radius 3 is 1.79 bits per heavy atom. The van der Waals surface area contributed by atoms with Crippen molar-refractivity contribution in [3.8, 4) is 0 Å². The zero-order chi connectivity index (χ0) is 27.4. The summed E-state index contributed by atoms with van der Waals surface area (Å²) in [6.45, 7) is 4.00. The Hall–Kier alpha value is -3.01. The average Bonchev–Trinajstić information content (AvgIpc) is 2.94. The van der Waals surface area contributed by atoms with Crippen LogP contribution in [0.3, 0.4) is 0 Å². The van der Waals surface area contributed by atoms with Crippen molar-refractivity contribution in [1.29, 1.82) is 0 Å². The van der Waals surface area contributed by atoms with Gasteiger partial charge in [-0.15, -0.1) is 9.35 Å². The molecule has 0 amide bonds. The van der Waals surface area contributed by atoms with Crippen LogP contribution in [0.5, 0.6) is 0 Å². The first kappa shape index (κ1) is 28.0. The molecular weight excluding hydrogens is 515 g/mol. The van der Waals surface area contributed by atoms with E-state index in [2.05, 4.69) is 0 Å². The van der Waals surface area contributed by atoms with Gasteiger partial charge in [-0.25, -0.2) is 14.3 Å². The third-order valence-electron chi connectivity index (χ3n) is 6.38. The standard InChI is InChI=1S/C27H29O10P/c1-4-25(29)33-15-23(28)22-13-20-21(14-24(22)38(32,36-34-5-2)37-35-6-3)27(31)19-12-17-10-8-7-9-16(17)11-18(19)26(20)30/h11-14H,4-10,15H2,1-3H3.